The summed E-state index contributed by atoms with van der Waals surface area (Å²) in [7, 11) is 1.77. The molecular formula is C8H4Cl4N2S. The van der Waals surface area contributed by atoms with E-state index in [-0.39, 0.29) is 10.0 Å². The zero-order chi connectivity index (χ0) is 11.3. The summed E-state index contributed by atoms with van der Waals surface area (Å²) in [5.41, 5.74) is 1.25. The van der Waals surface area contributed by atoms with Crippen molar-refractivity contribution < 1.29 is 0 Å². The molecule has 0 amide bonds. The zero-order valence-electron chi connectivity index (χ0n) is 7.37. The fourth-order valence-corrected chi connectivity index (χ4v) is 2.55. The van der Waals surface area contributed by atoms with Gasteiger partial charge < -0.3 is 9.55 Å². The summed E-state index contributed by atoms with van der Waals surface area (Å²) in [5.74, 6) is 0. The summed E-state index contributed by atoms with van der Waals surface area (Å²) in [6.45, 7) is 0. The predicted octanol–water partition coefficient (Wildman–Crippen LogP) is 4.85. The first-order valence-corrected chi connectivity index (χ1v) is 5.77. The average molecular weight is 302 g/mol. The van der Waals surface area contributed by atoms with Crippen molar-refractivity contribution >= 4 is 69.7 Å². The van der Waals surface area contributed by atoms with E-state index in [1.807, 2.05) is 0 Å². The Bertz CT molecular complexity index is 613. The summed E-state index contributed by atoms with van der Waals surface area (Å²) in [5, 5.41) is 1.14. The Morgan fingerprint density at radius 2 is 1.53 bits per heavy atom. The van der Waals surface area contributed by atoms with Crippen molar-refractivity contribution in [1.29, 1.82) is 0 Å². The summed E-state index contributed by atoms with van der Waals surface area (Å²) >= 11 is 29.0. The van der Waals surface area contributed by atoms with E-state index in [9.17, 15) is 0 Å². The first kappa shape index (κ1) is 11.6. The van der Waals surface area contributed by atoms with Crippen molar-refractivity contribution in [3.63, 3.8) is 0 Å². The molecule has 0 atom stereocenters. The lowest BCUT2D eigenvalue weighted by atomic mass is 10.3. The minimum absolute atomic E-state index is 0.229. The largest absolute Gasteiger partial charge is 0.329 e. The minimum Gasteiger partial charge on any atom is -0.329 e. The van der Waals surface area contributed by atoms with Crippen LogP contribution in [0.25, 0.3) is 11.0 Å². The first-order chi connectivity index (χ1) is 6.95. The predicted molar refractivity (Wildman–Crippen MR) is 68.1 cm³/mol. The number of aromatic nitrogens is 2. The molecule has 1 aromatic heterocycles. The second kappa shape index (κ2) is 3.82. The van der Waals surface area contributed by atoms with Gasteiger partial charge >= 0.3 is 0 Å². The van der Waals surface area contributed by atoms with Crippen LogP contribution in [0.15, 0.2) is 0 Å². The van der Waals surface area contributed by atoms with E-state index in [0.717, 1.165) is 0 Å². The number of halogens is 4. The van der Waals surface area contributed by atoms with Crippen LogP contribution in [0.4, 0.5) is 0 Å². The maximum absolute atomic E-state index is 6.06. The Balaban J connectivity index is 3.14. The highest BCUT2D eigenvalue weighted by molar-refractivity contribution is 7.71. The summed E-state index contributed by atoms with van der Waals surface area (Å²) in [6, 6.07) is 0. The number of nitrogens with zero attached hydrogens (tertiary/aromatic N) is 1. The second-order valence-corrected chi connectivity index (χ2v) is 4.87. The molecule has 0 saturated carbocycles. The van der Waals surface area contributed by atoms with Crippen molar-refractivity contribution in [2.45, 2.75) is 0 Å². The van der Waals surface area contributed by atoms with Gasteiger partial charge in [0.15, 0.2) is 4.77 Å². The van der Waals surface area contributed by atoms with Gasteiger partial charge in [0, 0.05) is 7.05 Å². The van der Waals surface area contributed by atoms with Gasteiger partial charge in [0.25, 0.3) is 0 Å². The highest BCUT2D eigenvalue weighted by atomic mass is 35.5. The number of nitrogens with one attached hydrogen (secondary N) is 1. The molecule has 0 bridgehead atoms. The van der Waals surface area contributed by atoms with Crippen molar-refractivity contribution in [2.24, 2.45) is 7.05 Å². The standard InChI is InChI=1S/C8H4Cl4N2S/c1-14-7-5(12)3(10)2(9)4(11)6(7)13-8(14)15/h1H3,(H,13,15). The van der Waals surface area contributed by atoms with Gasteiger partial charge in [-0.25, -0.2) is 0 Å². The lowest BCUT2D eigenvalue weighted by Crippen LogP contribution is -1.88. The summed E-state index contributed by atoms with van der Waals surface area (Å²) < 4.78 is 2.20. The van der Waals surface area contributed by atoms with Gasteiger partial charge in [-0.2, -0.15) is 0 Å². The molecule has 1 aromatic carbocycles. The molecule has 1 N–H and O–H groups in total. The molecule has 0 radical (unpaired) electrons. The van der Waals surface area contributed by atoms with Gasteiger partial charge in [0.1, 0.15) is 0 Å². The van der Waals surface area contributed by atoms with Crippen LogP contribution in [0.3, 0.4) is 0 Å². The number of benzene rings is 1. The van der Waals surface area contributed by atoms with Gasteiger partial charge in [0.05, 0.1) is 31.1 Å². The van der Waals surface area contributed by atoms with Crippen molar-refractivity contribution in [3.8, 4) is 0 Å². The van der Waals surface area contributed by atoms with Gasteiger partial charge in [-0.05, 0) is 12.2 Å². The molecule has 0 spiro atoms. The number of aryl methyl sites for hydroxylation is 1. The molecule has 80 valence electrons. The number of fused-ring (bicyclic) bond motifs is 1. The SMILES string of the molecule is Cn1c(=S)[nH]c2c(Cl)c(Cl)c(Cl)c(Cl)c21. The topological polar surface area (TPSA) is 20.7 Å². The van der Waals surface area contributed by atoms with Crippen molar-refractivity contribution in [2.75, 3.05) is 0 Å². The fourth-order valence-electron chi connectivity index (χ4n) is 1.34. The molecule has 0 aliphatic rings. The van der Waals surface area contributed by atoms with Gasteiger partial charge in [0.2, 0.25) is 0 Å². The minimum atomic E-state index is 0.229. The monoisotopic (exact) mass is 300 g/mol. The fraction of sp³-hybridized carbons (Fsp3) is 0.125. The molecule has 2 nitrogen and oxygen atoms in total. The number of aromatic amines is 1. The van der Waals surface area contributed by atoms with Crippen molar-refractivity contribution in [3.05, 3.63) is 24.9 Å². The molecule has 0 saturated heterocycles. The highest BCUT2D eigenvalue weighted by Gasteiger charge is 2.17. The van der Waals surface area contributed by atoms with E-state index < -0.39 is 0 Å². The number of hydrogen-bond donors (Lipinski definition) is 1. The molecule has 0 aliphatic heterocycles. The van der Waals surface area contributed by atoms with Crippen LogP contribution in [-0.2, 0) is 7.05 Å². The van der Waals surface area contributed by atoms with Gasteiger partial charge in [-0.15, -0.1) is 0 Å². The molecule has 15 heavy (non-hydrogen) atoms. The Hall–Kier alpha value is 0.0700. The van der Waals surface area contributed by atoms with E-state index in [1.165, 1.54) is 0 Å². The Morgan fingerprint density at radius 1 is 1.00 bits per heavy atom. The number of hydrogen-bond acceptors (Lipinski definition) is 1. The second-order valence-electron chi connectivity index (χ2n) is 2.97. The van der Waals surface area contributed by atoms with E-state index in [1.54, 1.807) is 11.6 Å². The number of rotatable bonds is 0. The summed E-state index contributed by atoms with van der Waals surface area (Å²) in [4.78, 5) is 2.92. The molecular weight excluding hydrogens is 298 g/mol. The smallest absolute Gasteiger partial charge is 0.177 e. The Morgan fingerprint density at radius 3 is 2.13 bits per heavy atom. The van der Waals surface area contributed by atoms with Crippen LogP contribution in [0.1, 0.15) is 0 Å². The molecule has 1 heterocycles. The van der Waals surface area contributed by atoms with Crippen LogP contribution in [-0.4, -0.2) is 9.55 Å². The number of H-pyrrole nitrogens is 1. The quantitative estimate of drug-likeness (QED) is 0.419. The highest BCUT2D eigenvalue weighted by Crippen LogP contribution is 2.42. The molecule has 0 unspecified atom stereocenters. The maximum atomic E-state index is 6.06. The Kier molecular flexibility index (Phi) is 2.95. The normalized spacial score (nSPS) is 11.3. The zero-order valence-corrected chi connectivity index (χ0v) is 11.2. The van der Waals surface area contributed by atoms with Crippen LogP contribution >= 0.6 is 58.6 Å². The van der Waals surface area contributed by atoms with E-state index in [4.69, 9.17) is 58.6 Å². The number of imidazole rings is 1. The van der Waals surface area contributed by atoms with Crippen molar-refractivity contribution in [1.82, 2.24) is 9.55 Å². The van der Waals surface area contributed by atoms with Gasteiger partial charge in [-0.3, -0.25) is 0 Å². The van der Waals surface area contributed by atoms with Crippen LogP contribution in [0, 0.1) is 4.77 Å². The Labute approximate surface area is 111 Å². The molecule has 0 aliphatic carbocycles. The van der Waals surface area contributed by atoms with Crippen LogP contribution in [0.5, 0.6) is 0 Å². The third-order valence-corrected chi connectivity index (χ3v) is 4.28. The van der Waals surface area contributed by atoms with Crippen LogP contribution < -0.4 is 0 Å². The molecule has 2 rings (SSSR count). The van der Waals surface area contributed by atoms with E-state index >= 15 is 0 Å². The van der Waals surface area contributed by atoms with E-state index in [0.29, 0.717) is 25.8 Å². The van der Waals surface area contributed by atoms with Gasteiger partial charge in [-0.1, -0.05) is 46.4 Å². The lowest BCUT2D eigenvalue weighted by Gasteiger charge is -2.05. The summed E-state index contributed by atoms with van der Waals surface area (Å²) in [6.07, 6.45) is 0. The third kappa shape index (κ3) is 1.58. The third-order valence-electron chi connectivity index (χ3n) is 2.11. The molecule has 2 aromatic rings. The molecule has 7 heteroatoms. The average Bonchev–Trinajstić information content (AvgIpc) is 2.50. The molecule has 0 fully saturated rings. The van der Waals surface area contributed by atoms with E-state index in [2.05, 4.69) is 4.98 Å². The first-order valence-electron chi connectivity index (χ1n) is 3.85. The van der Waals surface area contributed by atoms with Crippen LogP contribution in [0.2, 0.25) is 20.1 Å². The maximum Gasteiger partial charge on any atom is 0.177 e. The lowest BCUT2D eigenvalue weighted by molar-refractivity contribution is 0.927.